The molecule has 0 spiro atoms. The lowest BCUT2D eigenvalue weighted by Gasteiger charge is -2.39. The Balaban J connectivity index is 1.31. The number of piperazine rings is 1. The van der Waals surface area contributed by atoms with Gasteiger partial charge >= 0.3 is 0 Å². The summed E-state index contributed by atoms with van der Waals surface area (Å²) in [5, 5.41) is 9.93. The number of halogens is 2. The van der Waals surface area contributed by atoms with Crippen LogP contribution in [0.25, 0.3) is 0 Å². The van der Waals surface area contributed by atoms with Gasteiger partial charge in [-0.05, 0) is 49.3 Å². The van der Waals surface area contributed by atoms with Gasteiger partial charge < -0.3 is 19.8 Å². The molecule has 2 saturated heterocycles. The summed E-state index contributed by atoms with van der Waals surface area (Å²) in [6.07, 6.45) is 4.85. The number of aryl methyl sites for hydroxylation is 1. The lowest BCUT2D eigenvalue weighted by atomic mass is 9.95. The molecule has 3 aliphatic rings. The zero-order valence-electron chi connectivity index (χ0n) is 20.2. The van der Waals surface area contributed by atoms with Crippen molar-refractivity contribution in [2.24, 2.45) is 0 Å². The number of fused-ring (bicyclic) bond motifs is 1. The Labute approximate surface area is 210 Å². The van der Waals surface area contributed by atoms with Crippen molar-refractivity contribution < 1.29 is 14.3 Å². The lowest BCUT2D eigenvalue weighted by Crippen LogP contribution is -2.52. The Bertz CT molecular complexity index is 1070. The number of rotatable bonds is 5. The minimum Gasteiger partial charge on any atom is -0.393 e. The van der Waals surface area contributed by atoms with Crippen LogP contribution in [-0.4, -0.2) is 82.7 Å². The molecule has 7 nitrogen and oxygen atoms in total. The summed E-state index contributed by atoms with van der Waals surface area (Å²) in [4.78, 5) is 29.2. The Morgan fingerprint density at radius 1 is 1.14 bits per heavy atom. The summed E-state index contributed by atoms with van der Waals surface area (Å²) in [5.41, 5.74) is 3.06. The number of aliphatic hydroxyl groups is 1. The molecule has 35 heavy (non-hydrogen) atoms. The van der Waals surface area contributed by atoms with Crippen molar-refractivity contribution in [1.82, 2.24) is 19.8 Å². The topological polar surface area (TPSA) is 72.8 Å². The number of aromatic nitrogens is 2. The highest BCUT2D eigenvalue weighted by atomic mass is 35.5. The van der Waals surface area contributed by atoms with Gasteiger partial charge in [0.2, 0.25) is 5.91 Å². The molecule has 1 amide bonds. The van der Waals surface area contributed by atoms with Crippen LogP contribution in [0.3, 0.4) is 0 Å². The summed E-state index contributed by atoms with van der Waals surface area (Å²) in [6, 6.07) is 4.68. The molecule has 188 valence electrons. The molecule has 5 rings (SSSR count). The number of nitrogens with zero attached hydrogens (tertiary/aromatic N) is 5. The molecule has 0 bridgehead atoms. The van der Waals surface area contributed by atoms with E-state index in [1.807, 2.05) is 4.90 Å². The highest BCUT2D eigenvalue weighted by molar-refractivity contribution is 6.30. The van der Waals surface area contributed by atoms with Crippen molar-refractivity contribution in [3.8, 4) is 0 Å². The predicted molar refractivity (Wildman–Crippen MR) is 133 cm³/mol. The molecule has 9 heteroatoms. The third kappa shape index (κ3) is 5.15. The van der Waals surface area contributed by atoms with E-state index in [9.17, 15) is 14.3 Å². The number of hydrogen-bond acceptors (Lipinski definition) is 6. The Kier molecular flexibility index (Phi) is 7.23. The van der Waals surface area contributed by atoms with Gasteiger partial charge in [-0.15, -0.1) is 0 Å². The van der Waals surface area contributed by atoms with E-state index >= 15 is 0 Å². The van der Waals surface area contributed by atoms with Crippen LogP contribution < -0.4 is 4.90 Å². The summed E-state index contributed by atoms with van der Waals surface area (Å²) in [5.74, 6) is 0.488. The summed E-state index contributed by atoms with van der Waals surface area (Å²) in [6.45, 7) is 6.79. The third-order valence-electron chi connectivity index (χ3n) is 7.79. The van der Waals surface area contributed by atoms with Gasteiger partial charge in [-0.1, -0.05) is 24.6 Å². The van der Waals surface area contributed by atoms with E-state index in [0.717, 1.165) is 37.4 Å². The van der Waals surface area contributed by atoms with Gasteiger partial charge in [0.25, 0.3) is 0 Å². The van der Waals surface area contributed by atoms with E-state index in [-0.39, 0.29) is 17.0 Å². The number of carbonyl (C=O) groups excluding carboxylic acids is 1. The first-order valence-electron chi connectivity index (χ1n) is 12.6. The van der Waals surface area contributed by atoms with Crippen LogP contribution >= 0.6 is 11.6 Å². The van der Waals surface area contributed by atoms with Gasteiger partial charge in [0.15, 0.2) is 0 Å². The predicted octanol–water partition coefficient (Wildman–Crippen LogP) is 3.21. The molecule has 2 fully saturated rings. The number of benzene rings is 1. The molecular formula is C26H33ClFN5O2. The molecule has 1 N–H and O–H groups in total. The van der Waals surface area contributed by atoms with Gasteiger partial charge in [0.1, 0.15) is 18.0 Å². The second-order valence-electron chi connectivity index (χ2n) is 10.1. The van der Waals surface area contributed by atoms with Gasteiger partial charge in [-0.2, -0.15) is 0 Å². The SMILES string of the molecule is C[C@@H]1CCc2ncnc(N3CCN(C(=O)[C@H](CN4CCC(O)CC4)c4ccc(Cl)c(F)c4)CC3)c21. The number of likely N-dealkylation sites (tertiary alicyclic amines) is 1. The maximum atomic E-state index is 14.3. The van der Waals surface area contributed by atoms with Gasteiger partial charge in [0.05, 0.1) is 17.0 Å². The molecule has 1 aliphatic carbocycles. The molecule has 0 saturated carbocycles. The Morgan fingerprint density at radius 3 is 2.60 bits per heavy atom. The van der Waals surface area contributed by atoms with Crippen molar-refractivity contribution >= 4 is 23.3 Å². The van der Waals surface area contributed by atoms with Crippen molar-refractivity contribution in [3.05, 3.63) is 52.2 Å². The Morgan fingerprint density at radius 2 is 1.89 bits per heavy atom. The monoisotopic (exact) mass is 501 g/mol. The van der Waals surface area contributed by atoms with E-state index in [0.29, 0.717) is 57.0 Å². The third-order valence-corrected chi connectivity index (χ3v) is 8.09. The van der Waals surface area contributed by atoms with Gasteiger partial charge in [-0.3, -0.25) is 4.79 Å². The van der Waals surface area contributed by atoms with Crippen LogP contribution in [0, 0.1) is 5.82 Å². The second kappa shape index (κ2) is 10.4. The normalized spacial score (nSPS) is 22.3. The molecule has 3 heterocycles. The van der Waals surface area contributed by atoms with E-state index in [4.69, 9.17) is 11.6 Å². The highest BCUT2D eigenvalue weighted by Gasteiger charge is 2.33. The van der Waals surface area contributed by atoms with E-state index < -0.39 is 11.7 Å². The number of hydrogen-bond donors (Lipinski definition) is 1. The first-order chi connectivity index (χ1) is 16.9. The van der Waals surface area contributed by atoms with Gasteiger partial charge in [0, 0.05) is 57.1 Å². The average Bonchev–Trinajstić information content (AvgIpc) is 3.26. The summed E-state index contributed by atoms with van der Waals surface area (Å²) < 4.78 is 14.3. The smallest absolute Gasteiger partial charge is 0.231 e. The maximum absolute atomic E-state index is 14.3. The fourth-order valence-corrected chi connectivity index (χ4v) is 5.77. The minimum atomic E-state index is -0.507. The average molecular weight is 502 g/mol. The molecule has 1 aromatic heterocycles. The molecule has 2 aliphatic heterocycles. The molecule has 2 atom stereocenters. The second-order valence-corrected chi connectivity index (χ2v) is 10.5. The standard InChI is InChI=1S/C26H33ClFN5O2/c1-17-2-5-23-24(17)25(30-16-29-23)32-10-12-33(13-11-32)26(35)20(15-31-8-6-19(34)7-9-31)18-3-4-21(27)22(28)14-18/h3-4,14,16-17,19-20,34H,2,5-13,15H2,1H3/t17-,20-/m1/s1. The fourth-order valence-electron chi connectivity index (χ4n) is 5.65. The van der Waals surface area contributed by atoms with Crippen LogP contribution in [0.15, 0.2) is 24.5 Å². The molecule has 0 unspecified atom stereocenters. The number of piperidine rings is 1. The summed E-state index contributed by atoms with van der Waals surface area (Å²) in [7, 11) is 0. The fraction of sp³-hybridized carbons (Fsp3) is 0.577. The van der Waals surface area contributed by atoms with Crippen LogP contribution in [0.5, 0.6) is 0 Å². The maximum Gasteiger partial charge on any atom is 0.231 e. The molecule has 1 aromatic carbocycles. The van der Waals surface area contributed by atoms with Crippen LogP contribution in [-0.2, 0) is 11.2 Å². The van der Waals surface area contributed by atoms with E-state index in [1.54, 1.807) is 12.4 Å². The largest absolute Gasteiger partial charge is 0.393 e. The van der Waals surface area contributed by atoms with Gasteiger partial charge in [-0.25, -0.2) is 14.4 Å². The van der Waals surface area contributed by atoms with Crippen LogP contribution in [0.1, 0.15) is 54.8 Å². The highest BCUT2D eigenvalue weighted by Crippen LogP contribution is 2.37. The molecular weight excluding hydrogens is 469 g/mol. The van der Waals surface area contributed by atoms with Crippen molar-refractivity contribution in [2.75, 3.05) is 50.7 Å². The van der Waals surface area contributed by atoms with Crippen molar-refractivity contribution in [2.45, 2.75) is 50.5 Å². The molecule has 0 radical (unpaired) electrons. The lowest BCUT2D eigenvalue weighted by molar-refractivity contribution is -0.133. The summed E-state index contributed by atoms with van der Waals surface area (Å²) >= 11 is 5.92. The molecule has 2 aromatic rings. The zero-order chi connectivity index (χ0) is 24.5. The zero-order valence-corrected chi connectivity index (χ0v) is 20.9. The van der Waals surface area contributed by atoms with Crippen molar-refractivity contribution in [1.29, 1.82) is 0 Å². The van der Waals surface area contributed by atoms with Crippen LogP contribution in [0.2, 0.25) is 5.02 Å². The quantitative estimate of drug-likeness (QED) is 0.678. The Hall–Kier alpha value is -2.29. The first kappa shape index (κ1) is 24.4. The number of carbonyl (C=O) groups is 1. The number of aliphatic hydroxyl groups excluding tert-OH is 1. The minimum absolute atomic E-state index is 0.0128. The van der Waals surface area contributed by atoms with Crippen molar-refractivity contribution in [3.63, 3.8) is 0 Å². The number of anilines is 1. The van der Waals surface area contributed by atoms with E-state index in [1.165, 1.54) is 17.7 Å². The van der Waals surface area contributed by atoms with E-state index in [2.05, 4.69) is 26.7 Å². The van der Waals surface area contributed by atoms with Crippen LogP contribution in [0.4, 0.5) is 10.2 Å². The number of amides is 1. The first-order valence-corrected chi connectivity index (χ1v) is 13.0.